The van der Waals surface area contributed by atoms with Crippen molar-refractivity contribution in [2.75, 3.05) is 0 Å². The van der Waals surface area contributed by atoms with Crippen LogP contribution in [0, 0.1) is 23.7 Å². The van der Waals surface area contributed by atoms with E-state index in [4.69, 9.17) is 14.2 Å². The molecule has 0 amide bonds. The highest BCUT2D eigenvalue weighted by molar-refractivity contribution is 5.05. The van der Waals surface area contributed by atoms with Gasteiger partial charge in [-0.2, -0.15) is 0 Å². The molecule has 2 aliphatic heterocycles. The molecule has 2 saturated carbocycles. The fourth-order valence-electron chi connectivity index (χ4n) is 5.82. The lowest BCUT2D eigenvalue weighted by Gasteiger charge is -2.56. The van der Waals surface area contributed by atoms with E-state index in [0.717, 1.165) is 32.1 Å². The van der Waals surface area contributed by atoms with E-state index in [9.17, 15) is 10.2 Å². The van der Waals surface area contributed by atoms with Crippen LogP contribution in [0.5, 0.6) is 0 Å². The molecule has 2 saturated heterocycles. The predicted octanol–water partition coefficient (Wildman–Crippen LogP) is 3.18. The first-order valence-electron chi connectivity index (χ1n) is 10.2. The topological polar surface area (TPSA) is 68.2 Å². The van der Waals surface area contributed by atoms with Crippen molar-refractivity contribution in [1.82, 2.24) is 0 Å². The van der Waals surface area contributed by atoms with Gasteiger partial charge in [0.2, 0.25) is 0 Å². The highest BCUT2D eigenvalue weighted by atomic mass is 16.8. The molecule has 2 heterocycles. The first-order valence-corrected chi connectivity index (χ1v) is 10.2. The van der Waals surface area contributed by atoms with Gasteiger partial charge in [0.1, 0.15) is 5.60 Å². The maximum absolute atomic E-state index is 11.7. The summed E-state index contributed by atoms with van der Waals surface area (Å²) in [6, 6.07) is 0. The molecule has 25 heavy (non-hydrogen) atoms. The van der Waals surface area contributed by atoms with Crippen molar-refractivity contribution in [2.24, 2.45) is 23.7 Å². The van der Waals surface area contributed by atoms with Crippen LogP contribution in [0.25, 0.3) is 0 Å². The van der Waals surface area contributed by atoms with Crippen molar-refractivity contribution in [1.29, 1.82) is 0 Å². The van der Waals surface area contributed by atoms with Crippen LogP contribution >= 0.6 is 0 Å². The largest absolute Gasteiger partial charge is 0.384 e. The second kappa shape index (κ2) is 6.45. The Bertz CT molecular complexity index is 494. The number of rotatable bonds is 2. The summed E-state index contributed by atoms with van der Waals surface area (Å²) in [6.07, 6.45) is 6.91. The Balaban J connectivity index is 1.60. The van der Waals surface area contributed by atoms with Crippen molar-refractivity contribution in [3.05, 3.63) is 0 Å². The molecule has 4 rings (SSSR count). The fraction of sp³-hybridized carbons (Fsp3) is 1.00. The minimum absolute atomic E-state index is 0.0978. The zero-order chi connectivity index (χ0) is 17.8. The molecule has 0 radical (unpaired) electrons. The van der Waals surface area contributed by atoms with E-state index in [1.807, 2.05) is 0 Å². The van der Waals surface area contributed by atoms with E-state index >= 15 is 0 Å². The number of hydrogen-bond acceptors (Lipinski definition) is 5. The van der Waals surface area contributed by atoms with Gasteiger partial charge in [-0.1, -0.05) is 26.7 Å². The molecule has 144 valence electrons. The molecule has 2 N–H and O–H groups in total. The first-order chi connectivity index (χ1) is 11.8. The van der Waals surface area contributed by atoms with Gasteiger partial charge in [-0.05, 0) is 50.9 Å². The van der Waals surface area contributed by atoms with Gasteiger partial charge in [-0.25, -0.2) is 0 Å². The Morgan fingerprint density at radius 3 is 2.48 bits per heavy atom. The Kier molecular flexibility index (Phi) is 4.69. The Morgan fingerprint density at radius 1 is 1.00 bits per heavy atom. The monoisotopic (exact) mass is 354 g/mol. The molecular formula is C20H34O5. The average molecular weight is 354 g/mol. The van der Waals surface area contributed by atoms with Gasteiger partial charge >= 0.3 is 0 Å². The minimum atomic E-state index is -1.26. The predicted molar refractivity (Wildman–Crippen MR) is 92.4 cm³/mol. The van der Waals surface area contributed by atoms with Crippen LogP contribution in [0.2, 0.25) is 0 Å². The fourth-order valence-corrected chi connectivity index (χ4v) is 5.82. The zero-order valence-electron chi connectivity index (χ0n) is 15.8. The lowest BCUT2D eigenvalue weighted by Crippen LogP contribution is -2.66. The summed E-state index contributed by atoms with van der Waals surface area (Å²) in [4.78, 5) is 0. The van der Waals surface area contributed by atoms with Crippen LogP contribution in [0.15, 0.2) is 0 Å². The van der Waals surface area contributed by atoms with E-state index in [0.29, 0.717) is 12.3 Å². The molecule has 0 bridgehead atoms. The third-order valence-electron chi connectivity index (χ3n) is 7.42. The Hall–Kier alpha value is -0.200. The van der Waals surface area contributed by atoms with E-state index in [2.05, 4.69) is 13.8 Å². The molecule has 6 unspecified atom stereocenters. The number of ether oxygens (including phenoxy) is 3. The lowest BCUT2D eigenvalue weighted by molar-refractivity contribution is -0.410. The van der Waals surface area contributed by atoms with E-state index in [1.165, 1.54) is 12.8 Å². The maximum atomic E-state index is 11.7. The molecule has 0 aromatic rings. The van der Waals surface area contributed by atoms with Crippen molar-refractivity contribution < 1.29 is 24.4 Å². The lowest BCUT2D eigenvalue weighted by atomic mass is 9.61. The molecule has 0 aromatic carbocycles. The van der Waals surface area contributed by atoms with Gasteiger partial charge in [0.25, 0.3) is 0 Å². The number of hydrogen-bond donors (Lipinski definition) is 2. The molecule has 5 nitrogen and oxygen atoms in total. The molecule has 4 fully saturated rings. The normalized spacial score (nSPS) is 56.3. The smallest absolute Gasteiger partial charge is 0.193 e. The van der Waals surface area contributed by atoms with Crippen LogP contribution in [-0.4, -0.2) is 40.3 Å². The zero-order valence-corrected chi connectivity index (χ0v) is 15.8. The van der Waals surface area contributed by atoms with Gasteiger partial charge in [0.05, 0.1) is 6.10 Å². The third kappa shape index (κ3) is 3.06. The molecule has 5 heteroatoms. The molecule has 2 aliphatic carbocycles. The minimum Gasteiger partial charge on any atom is -0.384 e. The Morgan fingerprint density at radius 2 is 1.76 bits per heavy atom. The third-order valence-corrected chi connectivity index (χ3v) is 7.42. The summed E-state index contributed by atoms with van der Waals surface area (Å²) < 4.78 is 18.5. The van der Waals surface area contributed by atoms with Crippen LogP contribution in [-0.2, 0) is 14.2 Å². The second-order valence-electron chi connectivity index (χ2n) is 9.23. The van der Waals surface area contributed by atoms with Crippen molar-refractivity contribution in [3.8, 4) is 0 Å². The van der Waals surface area contributed by atoms with Crippen LogP contribution in [0.3, 0.4) is 0 Å². The summed E-state index contributed by atoms with van der Waals surface area (Å²) in [7, 11) is 0. The van der Waals surface area contributed by atoms with Gasteiger partial charge < -0.3 is 24.4 Å². The second-order valence-corrected chi connectivity index (χ2v) is 9.23. The van der Waals surface area contributed by atoms with Crippen molar-refractivity contribution in [3.63, 3.8) is 0 Å². The first kappa shape index (κ1) is 18.2. The van der Waals surface area contributed by atoms with Gasteiger partial charge in [0.15, 0.2) is 18.4 Å². The quantitative estimate of drug-likeness (QED) is 0.797. The van der Waals surface area contributed by atoms with Crippen LogP contribution < -0.4 is 0 Å². The highest BCUT2D eigenvalue weighted by Crippen LogP contribution is 2.54. The number of aliphatic hydroxyl groups is 2. The average Bonchev–Trinajstić information content (AvgIpc) is 2.91. The molecule has 0 spiro atoms. The van der Waals surface area contributed by atoms with Crippen LogP contribution in [0.4, 0.5) is 0 Å². The SMILES string of the molecule is CC1CCCC1OC1O[C@@H]2OC(C)(O)CCC3CCCC([C@H]1C)[C@]32O. The molecule has 4 aliphatic rings. The maximum Gasteiger partial charge on any atom is 0.193 e. The summed E-state index contributed by atoms with van der Waals surface area (Å²) >= 11 is 0. The molecular weight excluding hydrogens is 320 g/mol. The van der Waals surface area contributed by atoms with E-state index < -0.39 is 17.7 Å². The van der Waals surface area contributed by atoms with Gasteiger partial charge in [-0.15, -0.1) is 0 Å². The van der Waals surface area contributed by atoms with Crippen LogP contribution in [0.1, 0.15) is 72.1 Å². The summed E-state index contributed by atoms with van der Waals surface area (Å²) in [5.74, 6) is -0.356. The molecule has 0 aromatic heterocycles. The summed E-state index contributed by atoms with van der Waals surface area (Å²) in [5, 5.41) is 22.2. The standard InChI is InChI=1S/C20H34O5/c1-12-6-4-9-16(12)23-17-13(2)15-8-5-7-14-10-11-19(3,21)25-18(24-17)20(14,15)22/h12-18,21-22H,4-11H2,1-3H3/t12?,13-,14?,15?,16?,17?,18-,19?,20-/m1/s1. The summed E-state index contributed by atoms with van der Waals surface area (Å²) in [6.45, 7) is 6.07. The van der Waals surface area contributed by atoms with Crippen molar-refractivity contribution >= 4 is 0 Å². The van der Waals surface area contributed by atoms with Crippen molar-refractivity contribution in [2.45, 2.75) is 102 Å². The Labute approximate surface area is 151 Å². The van der Waals surface area contributed by atoms with Gasteiger partial charge in [-0.3, -0.25) is 0 Å². The van der Waals surface area contributed by atoms with Gasteiger partial charge in [0, 0.05) is 18.3 Å². The highest BCUT2D eigenvalue weighted by Gasteiger charge is 2.62. The van der Waals surface area contributed by atoms with E-state index in [-0.39, 0.29) is 30.1 Å². The van der Waals surface area contributed by atoms with E-state index in [1.54, 1.807) is 6.92 Å². The summed E-state index contributed by atoms with van der Waals surface area (Å²) in [5.41, 5.74) is -1.01. The molecule has 9 atom stereocenters.